The third-order valence-corrected chi connectivity index (χ3v) is 6.23. The number of phenols is 2. The molecule has 5 nitrogen and oxygen atoms in total. The van der Waals surface area contributed by atoms with Gasteiger partial charge in [0.2, 0.25) is 0 Å². The first kappa shape index (κ1) is 27.3. The molecular formula is C26H45NO4. The first-order valence-corrected chi connectivity index (χ1v) is 12.7. The predicted octanol–water partition coefficient (Wildman–Crippen LogP) is 8.37. The Hall–Kier alpha value is -1.78. The van der Waals surface area contributed by atoms with Gasteiger partial charge in [-0.15, -0.1) is 0 Å². The van der Waals surface area contributed by atoms with Gasteiger partial charge in [-0.05, 0) is 25.7 Å². The van der Waals surface area contributed by atoms with Crippen LogP contribution in [0.1, 0.15) is 128 Å². The second kappa shape index (κ2) is 16.9. The van der Waals surface area contributed by atoms with E-state index < -0.39 is 4.92 Å². The van der Waals surface area contributed by atoms with Crippen molar-refractivity contribution < 1.29 is 15.1 Å². The average Bonchev–Trinajstić information content (AvgIpc) is 2.75. The highest BCUT2D eigenvalue weighted by molar-refractivity contribution is 5.59. The minimum absolute atomic E-state index is 0.0483. The Bertz CT molecular complexity index is 630. The Balaban J connectivity index is 2.61. The van der Waals surface area contributed by atoms with Gasteiger partial charge in [0.1, 0.15) is 0 Å². The van der Waals surface area contributed by atoms with Gasteiger partial charge in [-0.3, -0.25) is 10.1 Å². The fourth-order valence-electron chi connectivity index (χ4n) is 4.32. The SMILES string of the molecule is CCCCCCCCCCc1c([N+](=O)[O-])cc(O)c(O)c1CCCCCCCCCC. The molecule has 1 rings (SSSR count). The smallest absolute Gasteiger partial charge is 0.276 e. The van der Waals surface area contributed by atoms with E-state index in [1.807, 2.05) is 0 Å². The number of unbranched alkanes of at least 4 members (excludes halogenated alkanes) is 14. The van der Waals surface area contributed by atoms with Gasteiger partial charge in [0.25, 0.3) is 5.69 Å². The van der Waals surface area contributed by atoms with Gasteiger partial charge in [0, 0.05) is 11.1 Å². The molecule has 1 aromatic rings. The summed E-state index contributed by atoms with van der Waals surface area (Å²) in [7, 11) is 0. The van der Waals surface area contributed by atoms with Gasteiger partial charge < -0.3 is 10.2 Å². The molecule has 0 unspecified atom stereocenters. The lowest BCUT2D eigenvalue weighted by Gasteiger charge is -2.14. The summed E-state index contributed by atoms with van der Waals surface area (Å²) in [5, 5.41) is 32.1. The fourth-order valence-corrected chi connectivity index (χ4v) is 4.32. The number of phenolic OH excluding ortho intramolecular Hbond substituents is 2. The number of hydrogen-bond donors (Lipinski definition) is 2. The normalized spacial score (nSPS) is 11.2. The third-order valence-electron chi connectivity index (χ3n) is 6.23. The number of rotatable bonds is 19. The van der Waals surface area contributed by atoms with Crippen molar-refractivity contribution in [3.63, 3.8) is 0 Å². The summed E-state index contributed by atoms with van der Waals surface area (Å²) in [5.74, 6) is -0.538. The summed E-state index contributed by atoms with van der Waals surface area (Å²) >= 11 is 0. The average molecular weight is 436 g/mol. The van der Waals surface area contributed by atoms with Gasteiger partial charge >= 0.3 is 0 Å². The van der Waals surface area contributed by atoms with Crippen LogP contribution >= 0.6 is 0 Å². The van der Waals surface area contributed by atoms with Crippen molar-refractivity contribution >= 4 is 5.69 Å². The van der Waals surface area contributed by atoms with Crippen LogP contribution in [-0.2, 0) is 12.8 Å². The topological polar surface area (TPSA) is 83.6 Å². The number of nitro groups is 1. The highest BCUT2D eigenvalue weighted by Gasteiger charge is 2.23. The predicted molar refractivity (Wildman–Crippen MR) is 129 cm³/mol. The molecule has 0 spiro atoms. The maximum atomic E-state index is 11.6. The molecule has 1 aromatic carbocycles. The van der Waals surface area contributed by atoms with Crippen LogP contribution < -0.4 is 0 Å². The molecule has 0 aromatic heterocycles. The molecule has 0 heterocycles. The number of nitrogens with zero attached hydrogens (tertiary/aromatic N) is 1. The van der Waals surface area contributed by atoms with Crippen LogP contribution in [0.3, 0.4) is 0 Å². The van der Waals surface area contributed by atoms with E-state index in [9.17, 15) is 20.3 Å². The molecule has 5 heteroatoms. The standard InChI is InChI=1S/C26H45NO4/c1-3-5-7-9-11-13-15-17-19-22-23(20-18-16-14-12-10-8-6-4-2)26(29)25(28)21-24(22)27(30)31/h21,28-29H,3-20H2,1-2H3. The van der Waals surface area contributed by atoms with Crippen molar-refractivity contribution in [2.75, 3.05) is 0 Å². The molecule has 0 radical (unpaired) electrons. The first-order chi connectivity index (χ1) is 15.0. The van der Waals surface area contributed by atoms with E-state index >= 15 is 0 Å². The summed E-state index contributed by atoms with van der Waals surface area (Å²) in [6, 6.07) is 1.12. The number of hydrogen-bond acceptors (Lipinski definition) is 4. The van der Waals surface area contributed by atoms with Gasteiger partial charge in [-0.25, -0.2) is 0 Å². The number of aromatic hydroxyl groups is 2. The lowest BCUT2D eigenvalue weighted by atomic mass is 9.93. The summed E-state index contributed by atoms with van der Waals surface area (Å²) in [6.45, 7) is 4.43. The summed E-state index contributed by atoms with van der Waals surface area (Å²) in [6.07, 6.45) is 19.9. The van der Waals surface area contributed by atoms with Crippen molar-refractivity contribution in [3.05, 3.63) is 27.3 Å². The van der Waals surface area contributed by atoms with E-state index in [4.69, 9.17) is 0 Å². The fraction of sp³-hybridized carbons (Fsp3) is 0.769. The Morgan fingerprint density at radius 2 is 1.06 bits per heavy atom. The Kier molecular flexibility index (Phi) is 14.8. The van der Waals surface area contributed by atoms with Gasteiger partial charge in [-0.2, -0.15) is 0 Å². The van der Waals surface area contributed by atoms with Crippen LogP contribution in [0, 0.1) is 10.1 Å². The van der Waals surface area contributed by atoms with E-state index in [1.165, 1.54) is 64.2 Å². The van der Waals surface area contributed by atoms with Crippen LogP contribution in [0.2, 0.25) is 0 Å². The zero-order valence-corrected chi connectivity index (χ0v) is 20.0. The van der Waals surface area contributed by atoms with Gasteiger partial charge in [-0.1, -0.05) is 104 Å². The lowest BCUT2D eigenvalue weighted by molar-refractivity contribution is -0.385. The highest BCUT2D eigenvalue weighted by atomic mass is 16.6. The van der Waals surface area contributed by atoms with Crippen molar-refractivity contribution in [2.45, 2.75) is 129 Å². The summed E-state index contributed by atoms with van der Waals surface area (Å²) in [5.41, 5.74) is 1.16. The minimum atomic E-state index is -0.420. The number of benzene rings is 1. The van der Waals surface area contributed by atoms with Crippen LogP contribution in [0.15, 0.2) is 6.07 Å². The Morgan fingerprint density at radius 1 is 0.677 bits per heavy atom. The third kappa shape index (κ3) is 10.9. The maximum absolute atomic E-state index is 11.6. The molecule has 0 aliphatic carbocycles. The molecule has 31 heavy (non-hydrogen) atoms. The maximum Gasteiger partial charge on any atom is 0.276 e. The molecule has 0 bridgehead atoms. The largest absolute Gasteiger partial charge is 0.504 e. The number of nitro benzene ring substituents is 1. The monoisotopic (exact) mass is 435 g/mol. The van der Waals surface area contributed by atoms with E-state index in [0.29, 0.717) is 24.0 Å². The molecule has 2 N–H and O–H groups in total. The molecule has 0 aliphatic heterocycles. The van der Waals surface area contributed by atoms with Gasteiger partial charge in [0.15, 0.2) is 11.5 Å². The Morgan fingerprint density at radius 3 is 1.48 bits per heavy atom. The molecule has 0 amide bonds. The summed E-state index contributed by atoms with van der Waals surface area (Å²) < 4.78 is 0. The van der Waals surface area contributed by atoms with E-state index in [-0.39, 0.29) is 17.2 Å². The van der Waals surface area contributed by atoms with E-state index in [1.54, 1.807) is 0 Å². The van der Waals surface area contributed by atoms with Crippen LogP contribution in [0.25, 0.3) is 0 Å². The molecule has 0 atom stereocenters. The summed E-state index contributed by atoms with van der Waals surface area (Å²) in [4.78, 5) is 11.2. The molecule has 0 saturated heterocycles. The van der Waals surface area contributed by atoms with Crippen molar-refractivity contribution in [1.29, 1.82) is 0 Å². The van der Waals surface area contributed by atoms with Crippen molar-refractivity contribution in [2.24, 2.45) is 0 Å². The molecular weight excluding hydrogens is 390 g/mol. The highest BCUT2D eigenvalue weighted by Crippen LogP contribution is 2.39. The zero-order chi connectivity index (χ0) is 22.9. The molecule has 178 valence electrons. The molecule has 0 aliphatic rings. The van der Waals surface area contributed by atoms with Crippen LogP contribution in [0.4, 0.5) is 5.69 Å². The van der Waals surface area contributed by atoms with Gasteiger partial charge in [0.05, 0.1) is 11.0 Å². The Labute approximate surface area is 189 Å². The van der Waals surface area contributed by atoms with Crippen LogP contribution in [-0.4, -0.2) is 15.1 Å². The van der Waals surface area contributed by atoms with E-state index in [0.717, 1.165) is 44.6 Å². The van der Waals surface area contributed by atoms with E-state index in [2.05, 4.69) is 13.8 Å². The quantitative estimate of drug-likeness (QED) is 0.0989. The van der Waals surface area contributed by atoms with Crippen molar-refractivity contribution in [1.82, 2.24) is 0 Å². The second-order valence-electron chi connectivity index (χ2n) is 8.93. The first-order valence-electron chi connectivity index (χ1n) is 12.7. The lowest BCUT2D eigenvalue weighted by Crippen LogP contribution is -2.03. The minimum Gasteiger partial charge on any atom is -0.504 e. The molecule has 0 saturated carbocycles. The second-order valence-corrected chi connectivity index (χ2v) is 8.93. The molecule has 0 fully saturated rings. The van der Waals surface area contributed by atoms with Crippen molar-refractivity contribution in [3.8, 4) is 11.5 Å². The van der Waals surface area contributed by atoms with Crippen LogP contribution in [0.5, 0.6) is 11.5 Å². The zero-order valence-electron chi connectivity index (χ0n) is 20.0.